The minimum absolute atomic E-state index is 0.418. The second kappa shape index (κ2) is 2.08. The number of ether oxygens (including phenoxy) is 1. The van der Waals surface area contributed by atoms with E-state index in [1.54, 1.807) is 11.3 Å². The van der Waals surface area contributed by atoms with Gasteiger partial charge in [-0.2, -0.15) is 0 Å². The normalized spacial score (nSPS) is 24.3. The van der Waals surface area contributed by atoms with E-state index in [0.717, 1.165) is 11.1 Å². The number of epoxide rings is 1. The molecular weight excluding hydrogens is 200 g/mol. The molecule has 9 heavy (non-hydrogen) atoms. The van der Waals surface area contributed by atoms with Crippen molar-refractivity contribution >= 4 is 27.3 Å². The van der Waals surface area contributed by atoms with Crippen molar-refractivity contribution in [3.63, 3.8) is 0 Å². The van der Waals surface area contributed by atoms with E-state index in [4.69, 9.17) is 4.74 Å². The Hall–Kier alpha value is 0.140. The lowest BCUT2D eigenvalue weighted by atomic mass is 10.4. The van der Waals surface area contributed by atoms with E-state index in [1.807, 2.05) is 0 Å². The van der Waals surface area contributed by atoms with Gasteiger partial charge in [0.2, 0.25) is 0 Å². The van der Waals surface area contributed by atoms with Gasteiger partial charge in [-0.3, -0.25) is 0 Å². The fourth-order valence-corrected chi connectivity index (χ4v) is 2.19. The average molecular weight is 205 g/mol. The van der Waals surface area contributed by atoms with Crippen LogP contribution >= 0.6 is 27.3 Å². The van der Waals surface area contributed by atoms with Crippen LogP contribution in [0.1, 0.15) is 11.0 Å². The van der Waals surface area contributed by atoms with Gasteiger partial charge in [-0.05, 0) is 22.0 Å². The Bertz CT molecular complexity index is 217. The molecule has 1 atom stereocenters. The summed E-state index contributed by atoms with van der Waals surface area (Å²) in [5.74, 6) is 0. The van der Waals surface area contributed by atoms with Gasteiger partial charge in [0.1, 0.15) is 6.10 Å². The van der Waals surface area contributed by atoms with Crippen molar-refractivity contribution in [2.45, 2.75) is 6.10 Å². The fourth-order valence-electron chi connectivity index (χ4n) is 0.709. The van der Waals surface area contributed by atoms with E-state index in [9.17, 15) is 0 Å². The van der Waals surface area contributed by atoms with Gasteiger partial charge in [0.25, 0.3) is 0 Å². The van der Waals surface area contributed by atoms with Gasteiger partial charge in [0.15, 0.2) is 0 Å². The summed E-state index contributed by atoms with van der Waals surface area (Å²) >= 11 is 5.13. The third-order valence-electron chi connectivity index (χ3n) is 1.24. The van der Waals surface area contributed by atoms with E-state index >= 15 is 0 Å². The van der Waals surface area contributed by atoms with Gasteiger partial charge in [0, 0.05) is 14.7 Å². The summed E-state index contributed by atoms with van der Waals surface area (Å²) in [6.07, 6.45) is 0.418. The van der Waals surface area contributed by atoms with Crippen molar-refractivity contribution in [1.82, 2.24) is 0 Å². The zero-order chi connectivity index (χ0) is 6.27. The van der Waals surface area contributed by atoms with Crippen LogP contribution in [0.5, 0.6) is 0 Å². The Balaban J connectivity index is 2.28. The Labute approximate surface area is 65.8 Å². The van der Waals surface area contributed by atoms with E-state index in [1.165, 1.54) is 4.88 Å². The van der Waals surface area contributed by atoms with E-state index in [2.05, 4.69) is 27.4 Å². The molecule has 0 radical (unpaired) electrons. The van der Waals surface area contributed by atoms with Crippen LogP contribution in [-0.2, 0) is 4.74 Å². The molecular formula is C6H5BrOS. The van der Waals surface area contributed by atoms with Crippen LogP contribution in [0.25, 0.3) is 0 Å². The molecule has 48 valence electrons. The quantitative estimate of drug-likeness (QED) is 0.642. The maximum Gasteiger partial charge on any atom is 0.115 e. The van der Waals surface area contributed by atoms with Crippen LogP contribution in [0.3, 0.4) is 0 Å². The number of thiophene rings is 1. The zero-order valence-electron chi connectivity index (χ0n) is 4.63. The Morgan fingerprint density at radius 3 is 3.00 bits per heavy atom. The molecule has 0 aromatic carbocycles. The van der Waals surface area contributed by atoms with Crippen molar-refractivity contribution in [3.8, 4) is 0 Å². The first-order chi connectivity index (χ1) is 4.36. The number of hydrogen-bond acceptors (Lipinski definition) is 2. The predicted molar refractivity (Wildman–Crippen MR) is 40.7 cm³/mol. The molecule has 0 saturated carbocycles. The standard InChI is InChI=1S/C6H5BrOS/c7-4-1-6(9-3-4)5-2-8-5/h1,3,5H,2H2. The van der Waals surface area contributed by atoms with Crippen LogP contribution in [0.15, 0.2) is 15.9 Å². The summed E-state index contributed by atoms with van der Waals surface area (Å²) in [6.45, 7) is 0.910. The lowest BCUT2D eigenvalue weighted by Crippen LogP contribution is -1.66. The molecule has 3 heteroatoms. The van der Waals surface area contributed by atoms with Crippen LogP contribution < -0.4 is 0 Å². The van der Waals surface area contributed by atoms with Gasteiger partial charge < -0.3 is 4.74 Å². The van der Waals surface area contributed by atoms with Crippen molar-refractivity contribution in [1.29, 1.82) is 0 Å². The largest absolute Gasteiger partial charge is 0.367 e. The highest BCUT2D eigenvalue weighted by Crippen LogP contribution is 2.35. The minimum atomic E-state index is 0.418. The highest BCUT2D eigenvalue weighted by molar-refractivity contribution is 9.10. The summed E-state index contributed by atoms with van der Waals surface area (Å²) in [5.41, 5.74) is 0. The number of hydrogen-bond donors (Lipinski definition) is 0. The van der Waals surface area contributed by atoms with Gasteiger partial charge in [-0.1, -0.05) is 0 Å². The van der Waals surface area contributed by atoms with Crippen molar-refractivity contribution in [3.05, 3.63) is 20.8 Å². The maximum absolute atomic E-state index is 5.10. The SMILES string of the molecule is Brc1csc(C2CO2)c1. The summed E-state index contributed by atoms with van der Waals surface area (Å²) < 4.78 is 6.26. The highest BCUT2D eigenvalue weighted by atomic mass is 79.9. The molecule has 1 fully saturated rings. The molecule has 2 heterocycles. The Morgan fingerprint density at radius 1 is 1.78 bits per heavy atom. The van der Waals surface area contributed by atoms with Gasteiger partial charge in [0.05, 0.1) is 6.61 Å². The first kappa shape index (κ1) is 5.89. The topological polar surface area (TPSA) is 12.5 Å². The lowest BCUT2D eigenvalue weighted by molar-refractivity contribution is 0.418. The molecule has 0 spiro atoms. The first-order valence-corrected chi connectivity index (χ1v) is 4.39. The number of rotatable bonds is 1. The molecule has 1 aliphatic rings. The van der Waals surface area contributed by atoms with Crippen molar-refractivity contribution in [2.75, 3.05) is 6.61 Å². The molecule has 1 aromatic heterocycles. The third kappa shape index (κ3) is 1.18. The first-order valence-electron chi connectivity index (χ1n) is 2.72. The van der Waals surface area contributed by atoms with Crippen molar-refractivity contribution < 1.29 is 4.74 Å². The third-order valence-corrected chi connectivity index (χ3v) is 3.02. The smallest absolute Gasteiger partial charge is 0.115 e. The van der Waals surface area contributed by atoms with Crippen LogP contribution in [0.4, 0.5) is 0 Å². The molecule has 0 N–H and O–H groups in total. The van der Waals surface area contributed by atoms with Crippen LogP contribution in [0.2, 0.25) is 0 Å². The Kier molecular flexibility index (Phi) is 1.36. The van der Waals surface area contributed by atoms with Crippen LogP contribution in [0, 0.1) is 0 Å². The maximum atomic E-state index is 5.10. The van der Waals surface area contributed by atoms with E-state index in [0.29, 0.717) is 6.10 Å². The summed E-state index contributed by atoms with van der Waals surface area (Å²) in [5, 5.41) is 2.08. The molecule has 1 nitrogen and oxygen atoms in total. The monoisotopic (exact) mass is 204 g/mol. The van der Waals surface area contributed by atoms with Crippen LogP contribution in [-0.4, -0.2) is 6.61 Å². The summed E-state index contributed by atoms with van der Waals surface area (Å²) in [4.78, 5) is 1.34. The minimum Gasteiger partial charge on any atom is -0.367 e. The molecule has 1 aromatic rings. The predicted octanol–water partition coefficient (Wildman–Crippen LogP) is 2.58. The lowest BCUT2D eigenvalue weighted by Gasteiger charge is -1.79. The van der Waals surface area contributed by atoms with E-state index < -0.39 is 0 Å². The van der Waals surface area contributed by atoms with Gasteiger partial charge >= 0.3 is 0 Å². The molecule has 1 unspecified atom stereocenters. The Morgan fingerprint density at radius 2 is 2.56 bits per heavy atom. The highest BCUT2D eigenvalue weighted by Gasteiger charge is 2.25. The van der Waals surface area contributed by atoms with Crippen molar-refractivity contribution in [2.24, 2.45) is 0 Å². The molecule has 1 aliphatic heterocycles. The second-order valence-electron chi connectivity index (χ2n) is 1.99. The number of halogens is 1. The van der Waals surface area contributed by atoms with Gasteiger partial charge in [-0.15, -0.1) is 11.3 Å². The van der Waals surface area contributed by atoms with E-state index in [-0.39, 0.29) is 0 Å². The zero-order valence-corrected chi connectivity index (χ0v) is 7.04. The van der Waals surface area contributed by atoms with Gasteiger partial charge in [-0.25, -0.2) is 0 Å². The summed E-state index contributed by atoms with van der Waals surface area (Å²) in [7, 11) is 0. The molecule has 0 amide bonds. The average Bonchev–Trinajstić information content (AvgIpc) is 2.58. The second-order valence-corrected chi connectivity index (χ2v) is 3.85. The summed E-state index contributed by atoms with van der Waals surface area (Å²) in [6, 6.07) is 2.11. The molecule has 0 bridgehead atoms. The molecule has 2 rings (SSSR count). The molecule has 1 saturated heterocycles. The fraction of sp³-hybridized carbons (Fsp3) is 0.333. The molecule has 0 aliphatic carbocycles.